The topological polar surface area (TPSA) is 104 Å². The highest BCUT2D eigenvalue weighted by molar-refractivity contribution is 7.99. The maximum absolute atomic E-state index is 11.8. The number of carbonyl (C=O) groups excluding carboxylic acids is 2. The number of hydrogen-bond donors (Lipinski definition) is 3. The molecule has 3 N–H and O–H groups in total. The van der Waals surface area contributed by atoms with Crippen molar-refractivity contribution in [1.82, 2.24) is 20.6 Å². The summed E-state index contributed by atoms with van der Waals surface area (Å²) in [5.74, 6) is 0.0335. The number of nitrogens with zero attached hydrogens (tertiary/aromatic N) is 1. The number of carbonyl (C=O) groups is 2. The lowest BCUT2D eigenvalue weighted by atomic mass is 10.2. The standard InChI is InChI=1S/C18H22N4O3S/c1-2-6-14-11-16(24)22-18(20-14)26-10-9-15(23)21-17(25)19-12-13-7-4-3-5-8-13/h3-5,7-8,11H,2,6,9-10,12H2,1H3,(H,20,22,24)(H2,19,21,23,25). The number of rotatable bonds is 8. The van der Waals surface area contributed by atoms with Gasteiger partial charge in [-0.3, -0.25) is 14.9 Å². The van der Waals surface area contributed by atoms with E-state index in [1.807, 2.05) is 37.3 Å². The third-order valence-corrected chi connectivity index (χ3v) is 4.27. The van der Waals surface area contributed by atoms with E-state index in [2.05, 4.69) is 20.6 Å². The Labute approximate surface area is 156 Å². The van der Waals surface area contributed by atoms with Crippen molar-refractivity contribution in [2.75, 3.05) is 5.75 Å². The zero-order valence-corrected chi connectivity index (χ0v) is 15.4. The fourth-order valence-electron chi connectivity index (χ4n) is 2.19. The summed E-state index contributed by atoms with van der Waals surface area (Å²) in [4.78, 5) is 42.1. The second-order valence-corrected chi connectivity index (χ2v) is 6.69. The molecule has 0 aliphatic carbocycles. The van der Waals surface area contributed by atoms with Gasteiger partial charge in [-0.1, -0.05) is 55.4 Å². The Balaban J connectivity index is 1.71. The first-order valence-electron chi connectivity index (χ1n) is 8.41. The average Bonchev–Trinajstić information content (AvgIpc) is 2.61. The van der Waals surface area contributed by atoms with Crippen molar-refractivity contribution in [2.45, 2.75) is 37.9 Å². The van der Waals surface area contributed by atoms with E-state index >= 15 is 0 Å². The van der Waals surface area contributed by atoms with Gasteiger partial charge in [-0.25, -0.2) is 9.78 Å². The molecule has 7 nitrogen and oxygen atoms in total. The first-order valence-corrected chi connectivity index (χ1v) is 9.40. The molecule has 0 aliphatic rings. The Morgan fingerprint density at radius 1 is 1.23 bits per heavy atom. The monoisotopic (exact) mass is 374 g/mol. The molecule has 8 heteroatoms. The molecule has 138 valence electrons. The highest BCUT2D eigenvalue weighted by atomic mass is 32.2. The number of aromatic nitrogens is 2. The Morgan fingerprint density at radius 2 is 2.00 bits per heavy atom. The molecule has 0 fully saturated rings. The number of aryl methyl sites for hydroxylation is 1. The Hall–Kier alpha value is -2.61. The summed E-state index contributed by atoms with van der Waals surface area (Å²) in [6, 6.07) is 10.4. The quantitative estimate of drug-likeness (QED) is 0.486. The van der Waals surface area contributed by atoms with Crippen LogP contribution in [0, 0.1) is 0 Å². The SMILES string of the molecule is CCCc1cc(=O)[nH]c(SCCC(=O)NC(=O)NCc2ccccc2)n1. The minimum absolute atomic E-state index is 0.144. The van der Waals surface area contributed by atoms with Crippen LogP contribution in [0.5, 0.6) is 0 Å². The van der Waals surface area contributed by atoms with Crippen LogP contribution in [-0.4, -0.2) is 27.7 Å². The molecule has 0 saturated carbocycles. The summed E-state index contributed by atoms with van der Waals surface area (Å²) in [5, 5.41) is 5.40. The number of imide groups is 1. The molecule has 0 radical (unpaired) electrons. The first kappa shape index (κ1) is 19.7. The van der Waals surface area contributed by atoms with Crippen LogP contribution in [0.2, 0.25) is 0 Å². The number of aromatic amines is 1. The van der Waals surface area contributed by atoms with Crippen molar-refractivity contribution in [3.05, 3.63) is 58.0 Å². The van der Waals surface area contributed by atoms with E-state index in [4.69, 9.17) is 0 Å². The van der Waals surface area contributed by atoms with E-state index < -0.39 is 6.03 Å². The lowest BCUT2D eigenvalue weighted by Crippen LogP contribution is -2.39. The van der Waals surface area contributed by atoms with Crippen molar-refractivity contribution < 1.29 is 9.59 Å². The molecule has 0 atom stereocenters. The van der Waals surface area contributed by atoms with Gasteiger partial charge in [0.15, 0.2) is 5.16 Å². The molecule has 1 aromatic heterocycles. The third kappa shape index (κ3) is 7.10. The maximum Gasteiger partial charge on any atom is 0.321 e. The van der Waals surface area contributed by atoms with Crippen molar-refractivity contribution in [3.8, 4) is 0 Å². The van der Waals surface area contributed by atoms with Crippen LogP contribution in [0.4, 0.5) is 4.79 Å². The fourth-order valence-corrected chi connectivity index (χ4v) is 3.02. The van der Waals surface area contributed by atoms with Gasteiger partial charge in [0.25, 0.3) is 5.56 Å². The highest BCUT2D eigenvalue weighted by Crippen LogP contribution is 2.13. The van der Waals surface area contributed by atoms with Crippen LogP contribution in [-0.2, 0) is 17.8 Å². The van der Waals surface area contributed by atoms with E-state index in [9.17, 15) is 14.4 Å². The third-order valence-electron chi connectivity index (χ3n) is 3.40. The number of thioether (sulfide) groups is 1. The summed E-state index contributed by atoms with van der Waals surface area (Å²) < 4.78 is 0. The molecule has 3 amide bonds. The van der Waals surface area contributed by atoms with Gasteiger partial charge in [-0.15, -0.1) is 0 Å². The molecule has 0 unspecified atom stereocenters. The van der Waals surface area contributed by atoms with Crippen LogP contribution in [0.15, 0.2) is 46.3 Å². The molecular weight excluding hydrogens is 352 g/mol. The highest BCUT2D eigenvalue weighted by Gasteiger charge is 2.08. The average molecular weight is 374 g/mol. The summed E-state index contributed by atoms with van der Waals surface area (Å²) in [7, 11) is 0. The van der Waals surface area contributed by atoms with Gasteiger partial charge >= 0.3 is 6.03 Å². The summed E-state index contributed by atoms with van der Waals surface area (Å²) >= 11 is 1.28. The number of benzene rings is 1. The van der Waals surface area contributed by atoms with Gasteiger partial charge in [-0.2, -0.15) is 0 Å². The summed E-state index contributed by atoms with van der Waals surface area (Å²) in [6.07, 6.45) is 1.78. The number of urea groups is 1. The van der Waals surface area contributed by atoms with Gasteiger partial charge in [0, 0.05) is 30.5 Å². The predicted molar refractivity (Wildman–Crippen MR) is 101 cm³/mol. The largest absolute Gasteiger partial charge is 0.334 e. The van der Waals surface area contributed by atoms with Crippen molar-refractivity contribution in [2.24, 2.45) is 0 Å². The second kappa shape index (κ2) is 10.4. The van der Waals surface area contributed by atoms with E-state index in [-0.39, 0.29) is 17.9 Å². The Bertz CT molecular complexity index is 793. The van der Waals surface area contributed by atoms with Gasteiger partial charge in [0.05, 0.1) is 0 Å². The van der Waals surface area contributed by atoms with E-state index in [0.29, 0.717) is 17.5 Å². The van der Waals surface area contributed by atoms with E-state index in [0.717, 1.165) is 24.1 Å². The lowest BCUT2D eigenvalue weighted by molar-refractivity contribution is -0.119. The predicted octanol–water partition coefficient (Wildman–Crippen LogP) is 2.23. The van der Waals surface area contributed by atoms with E-state index in [1.165, 1.54) is 17.8 Å². The number of nitrogens with one attached hydrogen (secondary N) is 3. The summed E-state index contributed by atoms with van der Waals surface area (Å²) in [6.45, 7) is 2.37. The molecule has 0 bridgehead atoms. The maximum atomic E-state index is 11.8. The van der Waals surface area contributed by atoms with Crippen LogP contribution >= 0.6 is 11.8 Å². The van der Waals surface area contributed by atoms with Crippen LogP contribution in [0.1, 0.15) is 31.0 Å². The minimum atomic E-state index is -0.527. The molecule has 1 aromatic carbocycles. The molecule has 0 saturated heterocycles. The van der Waals surface area contributed by atoms with Crippen LogP contribution < -0.4 is 16.2 Å². The number of hydrogen-bond acceptors (Lipinski definition) is 5. The smallest absolute Gasteiger partial charge is 0.321 e. The number of H-pyrrole nitrogens is 1. The molecule has 26 heavy (non-hydrogen) atoms. The normalized spacial score (nSPS) is 10.3. The second-order valence-electron chi connectivity index (χ2n) is 5.61. The van der Waals surface area contributed by atoms with Gasteiger partial charge in [0.2, 0.25) is 5.91 Å². The minimum Gasteiger partial charge on any atom is -0.334 e. The van der Waals surface area contributed by atoms with Gasteiger partial charge in [-0.05, 0) is 12.0 Å². The number of amides is 3. The van der Waals surface area contributed by atoms with Crippen molar-refractivity contribution in [1.29, 1.82) is 0 Å². The first-order chi connectivity index (χ1) is 12.6. The van der Waals surface area contributed by atoms with Crippen LogP contribution in [0.25, 0.3) is 0 Å². The molecule has 0 spiro atoms. The molecule has 2 aromatic rings. The zero-order chi connectivity index (χ0) is 18.8. The van der Waals surface area contributed by atoms with Gasteiger partial charge in [0.1, 0.15) is 0 Å². The molecule has 1 heterocycles. The lowest BCUT2D eigenvalue weighted by Gasteiger charge is -2.07. The van der Waals surface area contributed by atoms with Gasteiger partial charge < -0.3 is 10.3 Å². The molecular formula is C18H22N4O3S. The Morgan fingerprint density at radius 3 is 2.73 bits per heavy atom. The summed E-state index contributed by atoms with van der Waals surface area (Å²) in [5.41, 5.74) is 1.49. The molecule has 2 rings (SSSR count). The fraction of sp³-hybridized carbons (Fsp3) is 0.333. The van der Waals surface area contributed by atoms with Crippen molar-refractivity contribution in [3.63, 3.8) is 0 Å². The van der Waals surface area contributed by atoms with E-state index in [1.54, 1.807) is 0 Å². The zero-order valence-electron chi connectivity index (χ0n) is 14.6. The van der Waals surface area contributed by atoms with Crippen LogP contribution in [0.3, 0.4) is 0 Å². The molecule has 0 aliphatic heterocycles. The Kier molecular flexibility index (Phi) is 7.88. The van der Waals surface area contributed by atoms with Crippen molar-refractivity contribution >= 4 is 23.7 Å².